The number of aryl methyl sites for hydroxylation is 1. The summed E-state index contributed by atoms with van der Waals surface area (Å²) in [6.45, 7) is 3.15. The number of hydrogen-bond donors (Lipinski definition) is 0. The van der Waals surface area contributed by atoms with Crippen molar-refractivity contribution in [1.29, 1.82) is 0 Å². The minimum absolute atomic E-state index is 0.0221. The van der Waals surface area contributed by atoms with Gasteiger partial charge in [0.2, 0.25) is 5.88 Å². The minimum Gasteiger partial charge on any atom is -0.474 e. The highest BCUT2D eigenvalue weighted by molar-refractivity contribution is 5.97. The number of benzene rings is 1. The monoisotopic (exact) mass is 349 g/mol. The Labute approximate surface area is 151 Å². The van der Waals surface area contributed by atoms with E-state index < -0.39 is 0 Å². The van der Waals surface area contributed by atoms with Gasteiger partial charge in [-0.2, -0.15) is 4.98 Å². The van der Waals surface area contributed by atoms with E-state index in [1.807, 2.05) is 24.0 Å². The maximum atomic E-state index is 12.8. The van der Waals surface area contributed by atoms with Gasteiger partial charge < -0.3 is 9.64 Å². The molecule has 1 fully saturated rings. The molecule has 7 heteroatoms. The fourth-order valence-electron chi connectivity index (χ4n) is 3.13. The molecule has 26 heavy (non-hydrogen) atoms. The average Bonchev–Trinajstić information content (AvgIpc) is 2.68. The van der Waals surface area contributed by atoms with E-state index in [2.05, 4.69) is 19.9 Å². The number of aromatic nitrogens is 4. The summed E-state index contributed by atoms with van der Waals surface area (Å²) < 4.78 is 5.92. The third-order valence-electron chi connectivity index (χ3n) is 4.48. The lowest BCUT2D eigenvalue weighted by atomic mass is 10.1. The quantitative estimate of drug-likeness (QED) is 0.722. The van der Waals surface area contributed by atoms with Gasteiger partial charge in [0.1, 0.15) is 11.9 Å². The number of piperidine rings is 1. The van der Waals surface area contributed by atoms with Gasteiger partial charge in [-0.3, -0.25) is 14.8 Å². The molecule has 0 spiro atoms. The molecule has 1 saturated heterocycles. The van der Waals surface area contributed by atoms with E-state index >= 15 is 0 Å². The lowest BCUT2D eigenvalue weighted by molar-refractivity contribution is 0.0587. The maximum Gasteiger partial charge on any atom is 0.253 e. The first-order valence-corrected chi connectivity index (χ1v) is 8.65. The second kappa shape index (κ2) is 7.03. The van der Waals surface area contributed by atoms with E-state index in [1.54, 1.807) is 30.7 Å². The van der Waals surface area contributed by atoms with Crippen molar-refractivity contribution in [2.24, 2.45) is 0 Å². The normalized spacial score (nSPS) is 15.2. The lowest BCUT2D eigenvalue weighted by Crippen LogP contribution is -2.41. The summed E-state index contributed by atoms with van der Waals surface area (Å²) in [5.41, 5.74) is 2.16. The Kier molecular flexibility index (Phi) is 4.43. The van der Waals surface area contributed by atoms with Crippen LogP contribution in [0.25, 0.3) is 11.0 Å². The third kappa shape index (κ3) is 3.46. The number of likely N-dealkylation sites (tertiary alicyclic amines) is 1. The van der Waals surface area contributed by atoms with Crippen molar-refractivity contribution in [3.63, 3.8) is 0 Å². The third-order valence-corrected chi connectivity index (χ3v) is 4.48. The number of fused-ring (bicyclic) bond motifs is 1. The van der Waals surface area contributed by atoms with Gasteiger partial charge in [-0.15, -0.1) is 0 Å². The van der Waals surface area contributed by atoms with Crippen molar-refractivity contribution in [2.75, 3.05) is 13.1 Å². The number of nitrogens with zero attached hydrogens (tertiary/aromatic N) is 5. The standard InChI is InChI=1S/C19H19N5O2/c1-13-20-7-4-18(23-13)26-15-5-10-24(11-6-15)19(25)14-2-3-16-17(12-14)22-9-8-21-16/h2-4,7-9,12,15H,5-6,10-11H2,1H3. The Morgan fingerprint density at radius 3 is 2.58 bits per heavy atom. The highest BCUT2D eigenvalue weighted by Gasteiger charge is 2.25. The zero-order chi connectivity index (χ0) is 17.9. The molecule has 1 aromatic carbocycles. The summed E-state index contributed by atoms with van der Waals surface area (Å²) in [5.74, 6) is 1.30. The first kappa shape index (κ1) is 16.4. The Morgan fingerprint density at radius 2 is 1.81 bits per heavy atom. The summed E-state index contributed by atoms with van der Waals surface area (Å²) in [6.07, 6.45) is 6.60. The molecule has 0 radical (unpaired) electrons. The van der Waals surface area contributed by atoms with Gasteiger partial charge in [0.25, 0.3) is 5.91 Å². The molecule has 4 rings (SSSR count). The zero-order valence-electron chi connectivity index (χ0n) is 14.5. The first-order chi connectivity index (χ1) is 12.7. The zero-order valence-corrected chi connectivity index (χ0v) is 14.5. The Bertz CT molecular complexity index is 938. The van der Waals surface area contributed by atoms with Crippen molar-refractivity contribution >= 4 is 16.9 Å². The van der Waals surface area contributed by atoms with Crippen molar-refractivity contribution in [2.45, 2.75) is 25.9 Å². The highest BCUT2D eigenvalue weighted by Crippen LogP contribution is 2.20. The summed E-state index contributed by atoms with van der Waals surface area (Å²) in [4.78, 5) is 31.5. The minimum atomic E-state index is 0.0221. The number of amides is 1. The fraction of sp³-hybridized carbons (Fsp3) is 0.316. The smallest absolute Gasteiger partial charge is 0.253 e. The molecule has 0 atom stereocenters. The van der Waals surface area contributed by atoms with Crippen molar-refractivity contribution in [3.05, 3.63) is 54.2 Å². The van der Waals surface area contributed by atoms with Crippen molar-refractivity contribution in [1.82, 2.24) is 24.8 Å². The Balaban J connectivity index is 1.39. The molecular weight excluding hydrogens is 330 g/mol. The molecule has 3 aromatic rings. The van der Waals surface area contributed by atoms with E-state index in [4.69, 9.17) is 4.74 Å². The van der Waals surface area contributed by atoms with Gasteiger partial charge in [-0.1, -0.05) is 0 Å². The van der Waals surface area contributed by atoms with E-state index in [-0.39, 0.29) is 12.0 Å². The van der Waals surface area contributed by atoms with Crippen LogP contribution < -0.4 is 4.74 Å². The number of hydrogen-bond acceptors (Lipinski definition) is 6. The number of ether oxygens (including phenoxy) is 1. The van der Waals surface area contributed by atoms with Gasteiger partial charge in [0, 0.05) is 56.2 Å². The second-order valence-electron chi connectivity index (χ2n) is 6.31. The molecule has 0 bridgehead atoms. The van der Waals surface area contributed by atoms with E-state index in [1.165, 1.54) is 0 Å². The number of carbonyl (C=O) groups is 1. The summed E-state index contributed by atoms with van der Waals surface area (Å²) >= 11 is 0. The SMILES string of the molecule is Cc1nccc(OC2CCN(C(=O)c3ccc4nccnc4c3)CC2)n1. The van der Waals surface area contributed by atoms with Crippen LogP contribution in [0, 0.1) is 6.92 Å². The van der Waals surface area contributed by atoms with Crippen LogP contribution in [0.1, 0.15) is 29.0 Å². The predicted molar refractivity (Wildman–Crippen MR) is 95.9 cm³/mol. The van der Waals surface area contributed by atoms with Gasteiger partial charge in [-0.25, -0.2) is 4.98 Å². The van der Waals surface area contributed by atoms with Crippen LogP contribution in [-0.2, 0) is 0 Å². The summed E-state index contributed by atoms with van der Waals surface area (Å²) in [7, 11) is 0. The van der Waals surface area contributed by atoms with Gasteiger partial charge in [0.15, 0.2) is 0 Å². The van der Waals surface area contributed by atoms with Crippen molar-refractivity contribution in [3.8, 4) is 5.88 Å². The van der Waals surface area contributed by atoms with Gasteiger partial charge in [-0.05, 0) is 25.1 Å². The van der Waals surface area contributed by atoms with Crippen molar-refractivity contribution < 1.29 is 9.53 Å². The Hall–Kier alpha value is -3.09. The molecule has 0 aliphatic carbocycles. The molecule has 0 N–H and O–H groups in total. The molecule has 1 aliphatic rings. The number of carbonyl (C=O) groups excluding carboxylic acids is 1. The van der Waals surface area contributed by atoms with Crippen LogP contribution in [0.5, 0.6) is 5.88 Å². The lowest BCUT2D eigenvalue weighted by Gasteiger charge is -2.32. The summed E-state index contributed by atoms with van der Waals surface area (Å²) in [5, 5.41) is 0. The number of rotatable bonds is 3. The van der Waals surface area contributed by atoms with E-state index in [0.717, 1.165) is 23.9 Å². The molecule has 0 saturated carbocycles. The topological polar surface area (TPSA) is 81.1 Å². The molecule has 1 aliphatic heterocycles. The van der Waals surface area contributed by atoms with E-state index in [9.17, 15) is 4.79 Å². The predicted octanol–water partition coefficient (Wildman–Crippen LogP) is 2.41. The molecular formula is C19H19N5O2. The highest BCUT2D eigenvalue weighted by atomic mass is 16.5. The van der Waals surface area contributed by atoms with Crippen LogP contribution in [0.4, 0.5) is 0 Å². The molecule has 2 aromatic heterocycles. The largest absolute Gasteiger partial charge is 0.474 e. The van der Waals surface area contributed by atoms with Crippen LogP contribution in [0.15, 0.2) is 42.9 Å². The molecule has 7 nitrogen and oxygen atoms in total. The molecule has 0 unspecified atom stereocenters. The Morgan fingerprint density at radius 1 is 1.04 bits per heavy atom. The van der Waals surface area contributed by atoms with Crippen LogP contribution in [0.2, 0.25) is 0 Å². The van der Waals surface area contributed by atoms with Gasteiger partial charge >= 0.3 is 0 Å². The molecule has 132 valence electrons. The van der Waals surface area contributed by atoms with Crippen LogP contribution in [0.3, 0.4) is 0 Å². The second-order valence-corrected chi connectivity index (χ2v) is 6.31. The van der Waals surface area contributed by atoms with Gasteiger partial charge in [0.05, 0.1) is 11.0 Å². The van der Waals surface area contributed by atoms with Crippen LogP contribution >= 0.6 is 0 Å². The maximum absolute atomic E-state index is 12.8. The molecule has 1 amide bonds. The average molecular weight is 349 g/mol. The summed E-state index contributed by atoms with van der Waals surface area (Å²) in [6, 6.07) is 7.21. The fourth-order valence-corrected chi connectivity index (χ4v) is 3.13. The van der Waals surface area contributed by atoms with E-state index in [0.29, 0.717) is 30.4 Å². The molecule has 3 heterocycles. The van der Waals surface area contributed by atoms with Crippen LogP contribution in [-0.4, -0.2) is 49.9 Å². The first-order valence-electron chi connectivity index (χ1n) is 8.65.